The minimum Gasteiger partial charge on any atom is -0.479 e. The zero-order valence-corrected chi connectivity index (χ0v) is 17.3. The first-order valence-corrected chi connectivity index (χ1v) is 10.1. The number of rotatable bonds is 8. The topological polar surface area (TPSA) is 137 Å². The van der Waals surface area contributed by atoms with Gasteiger partial charge in [0.1, 0.15) is 0 Å². The fourth-order valence-corrected chi connectivity index (χ4v) is 3.26. The van der Waals surface area contributed by atoms with E-state index >= 15 is 0 Å². The zero-order valence-electron chi connectivity index (χ0n) is 17.3. The lowest BCUT2D eigenvalue weighted by Gasteiger charge is -2.15. The van der Waals surface area contributed by atoms with Crippen molar-refractivity contribution < 1.29 is 19.2 Å². The van der Waals surface area contributed by atoms with Gasteiger partial charge in [0.2, 0.25) is 0 Å². The molecular formula is C24H20N4O5. The van der Waals surface area contributed by atoms with Crippen molar-refractivity contribution in [3.8, 4) is 11.4 Å². The maximum atomic E-state index is 12.7. The molecule has 1 amide bonds. The summed E-state index contributed by atoms with van der Waals surface area (Å²) in [5.41, 5.74) is 3.22. The highest BCUT2D eigenvalue weighted by atomic mass is 16.5. The van der Waals surface area contributed by atoms with Crippen LogP contribution in [0.3, 0.4) is 0 Å². The molecule has 1 heterocycles. The first kappa shape index (κ1) is 21.6. The van der Waals surface area contributed by atoms with E-state index in [0.717, 1.165) is 11.1 Å². The number of H-pyrrole nitrogens is 1. The summed E-state index contributed by atoms with van der Waals surface area (Å²) in [6.45, 7) is 0.489. The van der Waals surface area contributed by atoms with Gasteiger partial charge in [0, 0.05) is 23.4 Å². The molecule has 1 atom stereocenters. The van der Waals surface area contributed by atoms with Gasteiger partial charge in [-0.05, 0) is 29.3 Å². The number of nitrogens with one attached hydrogen (secondary N) is 3. The van der Waals surface area contributed by atoms with Crippen molar-refractivity contribution in [2.75, 3.05) is 5.32 Å². The highest BCUT2D eigenvalue weighted by Crippen LogP contribution is 2.18. The Morgan fingerprint density at radius 3 is 2.42 bits per heavy atom. The molecule has 166 valence electrons. The number of aromatic nitrogens is 2. The Morgan fingerprint density at radius 2 is 1.76 bits per heavy atom. The molecule has 0 bridgehead atoms. The molecule has 0 radical (unpaired) electrons. The Labute approximate surface area is 188 Å². The van der Waals surface area contributed by atoms with Crippen LogP contribution in [0.25, 0.3) is 11.4 Å². The fourth-order valence-electron chi connectivity index (χ4n) is 3.26. The molecule has 4 aromatic rings. The van der Waals surface area contributed by atoms with Crippen LogP contribution < -0.4 is 16.4 Å². The average molecular weight is 444 g/mol. The molecule has 0 fully saturated rings. The van der Waals surface area contributed by atoms with E-state index in [2.05, 4.69) is 25.3 Å². The molecule has 4 N–H and O–H groups in total. The Balaban J connectivity index is 1.40. The Kier molecular flexibility index (Phi) is 6.31. The van der Waals surface area contributed by atoms with E-state index in [1.54, 1.807) is 48.5 Å². The Morgan fingerprint density at radius 1 is 1.00 bits per heavy atom. The number of aliphatic carboxylic acids is 1. The van der Waals surface area contributed by atoms with Gasteiger partial charge in [-0.1, -0.05) is 65.8 Å². The van der Waals surface area contributed by atoms with Gasteiger partial charge in [-0.25, -0.2) is 9.59 Å². The minimum absolute atomic E-state index is 0.340. The Bertz CT molecular complexity index is 1310. The summed E-state index contributed by atoms with van der Waals surface area (Å²) in [5.74, 6) is -1.88. The molecule has 0 saturated heterocycles. The molecule has 0 aliphatic carbocycles. The van der Waals surface area contributed by atoms with Gasteiger partial charge in [0.15, 0.2) is 11.9 Å². The standard InChI is InChI=1S/C24H20N4O5/c29-22(26-20(23(30)31)16-5-2-1-3-6-16)18-7-4-8-19(13-18)25-14-15-9-11-17(12-10-15)21-27-24(32)33-28-21/h1-13,20,25H,14H2,(H,26,29)(H,30,31)(H,27,28,32). The number of carboxylic acid groups (broad SMARTS) is 1. The van der Waals surface area contributed by atoms with Crippen molar-refractivity contribution in [3.05, 3.63) is 106 Å². The van der Waals surface area contributed by atoms with Gasteiger partial charge >= 0.3 is 11.7 Å². The van der Waals surface area contributed by atoms with Crippen molar-refractivity contribution in [1.29, 1.82) is 0 Å². The van der Waals surface area contributed by atoms with Crippen LogP contribution in [-0.4, -0.2) is 27.1 Å². The first-order chi connectivity index (χ1) is 16.0. The van der Waals surface area contributed by atoms with Gasteiger partial charge in [-0.15, -0.1) is 0 Å². The van der Waals surface area contributed by atoms with Crippen molar-refractivity contribution in [2.45, 2.75) is 12.6 Å². The van der Waals surface area contributed by atoms with Crippen LogP contribution in [0.5, 0.6) is 0 Å². The van der Waals surface area contributed by atoms with Gasteiger partial charge in [0.05, 0.1) is 0 Å². The second-order valence-corrected chi connectivity index (χ2v) is 7.23. The summed E-state index contributed by atoms with van der Waals surface area (Å²) in [7, 11) is 0. The molecule has 33 heavy (non-hydrogen) atoms. The molecule has 9 nitrogen and oxygen atoms in total. The predicted octanol–water partition coefficient (Wildman–Crippen LogP) is 3.20. The lowest BCUT2D eigenvalue weighted by molar-refractivity contribution is -0.139. The number of benzene rings is 3. The zero-order chi connectivity index (χ0) is 23.2. The second-order valence-electron chi connectivity index (χ2n) is 7.23. The highest BCUT2D eigenvalue weighted by molar-refractivity contribution is 5.97. The van der Waals surface area contributed by atoms with Crippen LogP contribution >= 0.6 is 0 Å². The van der Waals surface area contributed by atoms with E-state index < -0.39 is 23.7 Å². The molecule has 9 heteroatoms. The molecule has 4 rings (SSSR count). The molecular weight excluding hydrogens is 424 g/mol. The van der Waals surface area contributed by atoms with Crippen molar-refractivity contribution in [3.63, 3.8) is 0 Å². The van der Waals surface area contributed by atoms with Crippen LogP contribution in [-0.2, 0) is 11.3 Å². The summed E-state index contributed by atoms with van der Waals surface area (Å²) >= 11 is 0. The van der Waals surface area contributed by atoms with Crippen molar-refractivity contribution in [1.82, 2.24) is 15.5 Å². The van der Waals surface area contributed by atoms with E-state index in [4.69, 9.17) is 0 Å². The van der Waals surface area contributed by atoms with Crippen LogP contribution in [0.2, 0.25) is 0 Å². The summed E-state index contributed by atoms with van der Waals surface area (Å²) in [6.07, 6.45) is 0. The number of carbonyl (C=O) groups is 2. The second kappa shape index (κ2) is 9.65. The molecule has 3 aromatic carbocycles. The monoisotopic (exact) mass is 444 g/mol. The third kappa shape index (κ3) is 5.34. The van der Waals surface area contributed by atoms with E-state index in [-0.39, 0.29) is 0 Å². The summed E-state index contributed by atoms with van der Waals surface area (Å²) in [6, 6.07) is 21.6. The molecule has 0 spiro atoms. The van der Waals surface area contributed by atoms with Crippen LogP contribution in [0, 0.1) is 0 Å². The lowest BCUT2D eigenvalue weighted by Crippen LogP contribution is -2.33. The number of hydrogen-bond donors (Lipinski definition) is 4. The quantitative estimate of drug-likeness (QED) is 0.327. The third-order valence-electron chi connectivity index (χ3n) is 4.94. The SMILES string of the molecule is O=C(NC(C(=O)O)c1ccccc1)c1cccc(NCc2ccc(-c3noc(=O)[nH]3)cc2)c1. The minimum atomic E-state index is -1.14. The van der Waals surface area contributed by atoms with Crippen molar-refractivity contribution >= 4 is 17.6 Å². The van der Waals surface area contributed by atoms with Gasteiger partial charge in [-0.2, -0.15) is 0 Å². The van der Waals surface area contributed by atoms with Crippen molar-refractivity contribution in [2.24, 2.45) is 0 Å². The van der Waals surface area contributed by atoms with Crippen LogP contribution in [0.4, 0.5) is 5.69 Å². The van der Waals surface area contributed by atoms with Gasteiger partial charge in [-0.3, -0.25) is 14.3 Å². The summed E-state index contributed by atoms with van der Waals surface area (Å²) in [4.78, 5) is 37.9. The van der Waals surface area contributed by atoms with E-state index in [1.807, 2.05) is 30.3 Å². The molecule has 1 unspecified atom stereocenters. The van der Waals surface area contributed by atoms with Crippen LogP contribution in [0.1, 0.15) is 27.5 Å². The maximum absolute atomic E-state index is 12.7. The normalized spacial score (nSPS) is 11.5. The van der Waals surface area contributed by atoms with E-state index in [1.165, 1.54) is 0 Å². The first-order valence-electron chi connectivity index (χ1n) is 10.1. The third-order valence-corrected chi connectivity index (χ3v) is 4.94. The molecule has 1 aromatic heterocycles. The van der Waals surface area contributed by atoms with Crippen LogP contribution in [0.15, 0.2) is 88.2 Å². The summed E-state index contributed by atoms with van der Waals surface area (Å²) in [5, 5.41) is 19.0. The number of aromatic amines is 1. The largest absolute Gasteiger partial charge is 0.479 e. The van der Waals surface area contributed by atoms with E-state index in [9.17, 15) is 19.5 Å². The van der Waals surface area contributed by atoms with Gasteiger partial charge in [0.25, 0.3) is 5.91 Å². The lowest BCUT2D eigenvalue weighted by atomic mass is 10.1. The average Bonchev–Trinajstić information content (AvgIpc) is 3.28. The van der Waals surface area contributed by atoms with Gasteiger partial charge < -0.3 is 15.7 Å². The number of hydrogen-bond acceptors (Lipinski definition) is 6. The maximum Gasteiger partial charge on any atom is 0.439 e. The van der Waals surface area contributed by atoms with E-state index in [0.29, 0.717) is 29.2 Å². The Hall–Kier alpha value is -4.66. The highest BCUT2D eigenvalue weighted by Gasteiger charge is 2.22. The summed E-state index contributed by atoms with van der Waals surface area (Å²) < 4.78 is 4.51. The number of carboxylic acids is 1. The predicted molar refractivity (Wildman–Crippen MR) is 121 cm³/mol. The number of amides is 1. The number of carbonyl (C=O) groups excluding carboxylic acids is 1. The molecule has 0 aliphatic rings. The number of anilines is 1. The molecule has 0 saturated carbocycles. The number of nitrogens with zero attached hydrogens (tertiary/aromatic N) is 1. The molecule has 0 aliphatic heterocycles. The fraction of sp³-hybridized carbons (Fsp3) is 0.0833. The smallest absolute Gasteiger partial charge is 0.439 e.